The largest absolute Gasteiger partial charge is 0.360 e. The molecule has 0 fully saturated rings. The van der Waals surface area contributed by atoms with E-state index in [0.717, 1.165) is 27.4 Å². The summed E-state index contributed by atoms with van der Waals surface area (Å²) < 4.78 is 1.02. The van der Waals surface area contributed by atoms with Gasteiger partial charge in [-0.05, 0) is 18.1 Å². The Bertz CT molecular complexity index is 544. The van der Waals surface area contributed by atoms with Crippen LogP contribution in [0.5, 0.6) is 0 Å². The molecule has 0 aliphatic carbocycles. The summed E-state index contributed by atoms with van der Waals surface area (Å²) in [6.45, 7) is 4.23. The maximum atomic E-state index is 12.1. The van der Waals surface area contributed by atoms with Crippen LogP contribution < -0.4 is 0 Å². The van der Waals surface area contributed by atoms with Gasteiger partial charge in [0, 0.05) is 33.6 Å². The molecule has 3 heteroatoms. The van der Waals surface area contributed by atoms with E-state index in [4.69, 9.17) is 0 Å². The molecule has 2 rings (SSSR count). The number of carbonyl (C=O) groups is 1. The number of hydrogen-bond acceptors (Lipinski definition) is 1. The van der Waals surface area contributed by atoms with Gasteiger partial charge in [-0.2, -0.15) is 0 Å². The van der Waals surface area contributed by atoms with Crippen LogP contribution >= 0.6 is 15.9 Å². The van der Waals surface area contributed by atoms with Crippen molar-refractivity contribution in [3.8, 4) is 0 Å². The highest BCUT2D eigenvalue weighted by atomic mass is 79.9. The summed E-state index contributed by atoms with van der Waals surface area (Å²) in [5.41, 5.74) is 1.82. The van der Waals surface area contributed by atoms with E-state index in [1.807, 2.05) is 24.4 Å². The van der Waals surface area contributed by atoms with Gasteiger partial charge in [0.15, 0.2) is 5.78 Å². The molecule has 0 amide bonds. The first-order valence-corrected chi connectivity index (χ1v) is 6.71. The second-order valence-electron chi connectivity index (χ2n) is 4.53. The van der Waals surface area contributed by atoms with Crippen LogP contribution in [0, 0.1) is 5.92 Å². The average molecular weight is 294 g/mol. The molecule has 1 N–H and O–H groups in total. The first kappa shape index (κ1) is 12.4. The summed E-state index contributed by atoms with van der Waals surface area (Å²) in [6.07, 6.45) is 3.49. The van der Waals surface area contributed by atoms with Gasteiger partial charge >= 0.3 is 0 Å². The Morgan fingerprint density at radius 2 is 2.24 bits per heavy atom. The topological polar surface area (TPSA) is 32.9 Å². The molecule has 90 valence electrons. The second kappa shape index (κ2) is 5.05. The maximum absolute atomic E-state index is 12.1. The Morgan fingerprint density at radius 1 is 1.47 bits per heavy atom. The molecular weight excluding hydrogens is 278 g/mol. The molecule has 2 aromatic rings. The van der Waals surface area contributed by atoms with Gasteiger partial charge in [0.25, 0.3) is 0 Å². The second-order valence-corrected chi connectivity index (χ2v) is 5.45. The molecule has 1 heterocycles. The molecule has 0 radical (unpaired) electrons. The summed E-state index contributed by atoms with van der Waals surface area (Å²) in [5.74, 6) is 0.677. The first-order chi connectivity index (χ1) is 8.11. The minimum atomic E-state index is 0.230. The standard InChI is InChI=1S/C14H16BrNO/c1-3-9(2)6-14(17)12-8-16-13-7-10(15)4-5-11(12)13/h4-5,7-9,16H,3,6H2,1-2H3. The number of halogens is 1. The molecule has 17 heavy (non-hydrogen) atoms. The summed E-state index contributed by atoms with van der Waals surface area (Å²) >= 11 is 3.43. The Labute approximate surface area is 110 Å². The molecule has 2 nitrogen and oxygen atoms in total. The van der Waals surface area contributed by atoms with Gasteiger partial charge in [0.1, 0.15) is 0 Å². The Morgan fingerprint density at radius 3 is 2.94 bits per heavy atom. The normalized spacial score (nSPS) is 12.9. The third kappa shape index (κ3) is 2.60. The number of nitrogens with one attached hydrogen (secondary N) is 1. The zero-order valence-electron chi connectivity index (χ0n) is 10.1. The summed E-state index contributed by atoms with van der Waals surface area (Å²) in [6, 6.07) is 5.95. The first-order valence-electron chi connectivity index (χ1n) is 5.91. The summed E-state index contributed by atoms with van der Waals surface area (Å²) in [5, 5.41) is 1.02. The fourth-order valence-electron chi connectivity index (χ4n) is 1.90. The van der Waals surface area contributed by atoms with E-state index in [1.54, 1.807) is 0 Å². The van der Waals surface area contributed by atoms with Crippen LogP contribution in [-0.2, 0) is 0 Å². The lowest BCUT2D eigenvalue weighted by Gasteiger charge is -2.06. The number of H-pyrrole nitrogens is 1. The quantitative estimate of drug-likeness (QED) is 0.824. The molecule has 0 spiro atoms. The van der Waals surface area contributed by atoms with Crippen LogP contribution in [0.4, 0.5) is 0 Å². The predicted molar refractivity (Wildman–Crippen MR) is 74.4 cm³/mol. The van der Waals surface area contributed by atoms with Gasteiger partial charge in [-0.15, -0.1) is 0 Å². The highest BCUT2D eigenvalue weighted by Crippen LogP contribution is 2.24. The van der Waals surface area contributed by atoms with Crippen molar-refractivity contribution in [1.82, 2.24) is 4.98 Å². The van der Waals surface area contributed by atoms with E-state index in [-0.39, 0.29) is 5.78 Å². The lowest BCUT2D eigenvalue weighted by Crippen LogP contribution is -2.04. The van der Waals surface area contributed by atoms with Crippen molar-refractivity contribution in [2.45, 2.75) is 26.7 Å². The third-order valence-corrected chi connectivity index (χ3v) is 3.67. The molecule has 1 aromatic carbocycles. The molecule has 1 aromatic heterocycles. The SMILES string of the molecule is CCC(C)CC(=O)c1c[nH]c2cc(Br)ccc12. The minimum absolute atomic E-state index is 0.230. The molecular formula is C14H16BrNO. The van der Waals surface area contributed by atoms with Crippen LogP contribution in [0.1, 0.15) is 37.0 Å². The Kier molecular flexibility index (Phi) is 3.67. The van der Waals surface area contributed by atoms with Crippen LogP contribution in [0.3, 0.4) is 0 Å². The molecule has 0 saturated carbocycles. The van der Waals surface area contributed by atoms with Crippen molar-refractivity contribution in [2.75, 3.05) is 0 Å². The van der Waals surface area contributed by atoms with Crippen molar-refractivity contribution >= 4 is 32.6 Å². The van der Waals surface area contributed by atoms with Crippen molar-refractivity contribution in [2.24, 2.45) is 5.92 Å². The molecule has 0 aliphatic rings. The number of benzene rings is 1. The number of rotatable bonds is 4. The predicted octanol–water partition coefficient (Wildman–Crippen LogP) is 4.55. The number of hydrogen-bond donors (Lipinski definition) is 1. The summed E-state index contributed by atoms with van der Waals surface area (Å²) in [4.78, 5) is 15.3. The number of ketones is 1. The van der Waals surface area contributed by atoms with Crippen LogP contribution in [0.2, 0.25) is 0 Å². The van der Waals surface area contributed by atoms with E-state index < -0.39 is 0 Å². The third-order valence-electron chi connectivity index (χ3n) is 3.17. The number of aromatic amines is 1. The fraction of sp³-hybridized carbons (Fsp3) is 0.357. The Balaban J connectivity index is 2.33. The lowest BCUT2D eigenvalue weighted by atomic mass is 9.97. The highest BCUT2D eigenvalue weighted by molar-refractivity contribution is 9.10. The zero-order valence-corrected chi connectivity index (χ0v) is 11.7. The lowest BCUT2D eigenvalue weighted by molar-refractivity contribution is 0.0965. The smallest absolute Gasteiger partial charge is 0.165 e. The van der Waals surface area contributed by atoms with E-state index in [9.17, 15) is 4.79 Å². The molecule has 0 aliphatic heterocycles. The van der Waals surface area contributed by atoms with Gasteiger partial charge in [-0.1, -0.05) is 42.3 Å². The van der Waals surface area contributed by atoms with Crippen LogP contribution in [0.25, 0.3) is 10.9 Å². The van der Waals surface area contributed by atoms with Gasteiger partial charge in [0.2, 0.25) is 0 Å². The van der Waals surface area contributed by atoms with Crippen LogP contribution in [0.15, 0.2) is 28.9 Å². The van der Waals surface area contributed by atoms with Crippen molar-refractivity contribution in [1.29, 1.82) is 0 Å². The van der Waals surface area contributed by atoms with Crippen molar-refractivity contribution in [3.63, 3.8) is 0 Å². The summed E-state index contributed by atoms with van der Waals surface area (Å²) in [7, 11) is 0. The number of aromatic nitrogens is 1. The maximum Gasteiger partial charge on any atom is 0.165 e. The number of carbonyl (C=O) groups excluding carboxylic acids is 1. The van der Waals surface area contributed by atoms with Gasteiger partial charge in [0.05, 0.1) is 0 Å². The molecule has 0 bridgehead atoms. The molecule has 0 saturated heterocycles. The van der Waals surface area contributed by atoms with Gasteiger partial charge < -0.3 is 4.98 Å². The fourth-order valence-corrected chi connectivity index (χ4v) is 2.26. The van der Waals surface area contributed by atoms with E-state index >= 15 is 0 Å². The average Bonchev–Trinajstić information content (AvgIpc) is 2.71. The highest BCUT2D eigenvalue weighted by Gasteiger charge is 2.14. The minimum Gasteiger partial charge on any atom is -0.360 e. The van der Waals surface area contributed by atoms with E-state index in [1.165, 1.54) is 0 Å². The van der Waals surface area contributed by atoms with Crippen molar-refractivity contribution in [3.05, 3.63) is 34.4 Å². The molecule has 1 atom stereocenters. The number of Topliss-reactive ketones (excluding diaryl/α,β-unsaturated/α-hetero) is 1. The number of fused-ring (bicyclic) bond motifs is 1. The van der Waals surface area contributed by atoms with E-state index in [0.29, 0.717) is 12.3 Å². The van der Waals surface area contributed by atoms with Crippen LogP contribution in [-0.4, -0.2) is 10.8 Å². The van der Waals surface area contributed by atoms with E-state index in [2.05, 4.69) is 34.8 Å². The Hall–Kier alpha value is -1.09. The van der Waals surface area contributed by atoms with Gasteiger partial charge in [-0.3, -0.25) is 4.79 Å². The monoisotopic (exact) mass is 293 g/mol. The zero-order chi connectivity index (χ0) is 12.4. The van der Waals surface area contributed by atoms with Gasteiger partial charge in [-0.25, -0.2) is 0 Å². The van der Waals surface area contributed by atoms with Crippen molar-refractivity contribution < 1.29 is 4.79 Å². The molecule has 1 unspecified atom stereocenters.